The Morgan fingerprint density at radius 2 is 1.50 bits per heavy atom. The summed E-state index contributed by atoms with van der Waals surface area (Å²) in [7, 11) is 0. The standard InChI is InChI=1S/C36H40FNO6/c1-23-18-24(2)36(25(3)19-23)44-17-6-5-16-43-30-14-11-27(12-15-30)10-13-28-20-29(37)21-32-31(8-7-9-33(39)40)26(4)38(35(28)32)22-34(41)42/h10-15,18-21H,5-9,16-17,22H2,1-4H3,(H,39,40)(H,41,42)/b13-10+. The van der Waals surface area contributed by atoms with Gasteiger partial charge in [-0.25, -0.2) is 4.39 Å². The van der Waals surface area contributed by atoms with Gasteiger partial charge in [0.2, 0.25) is 0 Å². The fourth-order valence-corrected chi connectivity index (χ4v) is 5.69. The Morgan fingerprint density at radius 1 is 0.841 bits per heavy atom. The van der Waals surface area contributed by atoms with Crippen LogP contribution in [0.1, 0.15) is 64.8 Å². The maximum absolute atomic E-state index is 14.8. The molecule has 0 aliphatic carbocycles. The molecular formula is C36H40FNO6. The molecule has 1 aromatic heterocycles. The van der Waals surface area contributed by atoms with Gasteiger partial charge >= 0.3 is 11.9 Å². The van der Waals surface area contributed by atoms with Gasteiger partial charge in [0.25, 0.3) is 0 Å². The first-order valence-electron chi connectivity index (χ1n) is 14.9. The number of unbranched alkanes of at least 4 members (excludes halogenated alkanes) is 1. The number of aromatic nitrogens is 1. The summed E-state index contributed by atoms with van der Waals surface area (Å²) in [6, 6.07) is 14.6. The number of carbonyl (C=O) groups is 2. The van der Waals surface area contributed by atoms with Crippen molar-refractivity contribution in [3.8, 4) is 11.5 Å². The van der Waals surface area contributed by atoms with E-state index in [4.69, 9.17) is 14.6 Å². The van der Waals surface area contributed by atoms with Gasteiger partial charge in [-0.2, -0.15) is 0 Å². The second kappa shape index (κ2) is 14.7. The molecule has 0 spiro atoms. The lowest BCUT2D eigenvalue weighted by Gasteiger charge is -2.13. The molecule has 0 amide bonds. The van der Waals surface area contributed by atoms with Gasteiger partial charge < -0.3 is 24.3 Å². The molecule has 3 aromatic carbocycles. The Hall–Kier alpha value is -4.59. The third-order valence-corrected chi connectivity index (χ3v) is 7.65. The number of hydrogen-bond acceptors (Lipinski definition) is 4. The van der Waals surface area contributed by atoms with Crippen LogP contribution in [0.5, 0.6) is 11.5 Å². The normalized spacial score (nSPS) is 11.4. The van der Waals surface area contributed by atoms with E-state index in [9.17, 15) is 19.1 Å². The van der Waals surface area contributed by atoms with Gasteiger partial charge in [-0.15, -0.1) is 0 Å². The van der Waals surface area contributed by atoms with Crippen LogP contribution >= 0.6 is 0 Å². The molecule has 0 unspecified atom stereocenters. The number of rotatable bonds is 15. The summed E-state index contributed by atoms with van der Waals surface area (Å²) in [5.74, 6) is -0.654. The second-order valence-corrected chi connectivity index (χ2v) is 11.2. The van der Waals surface area contributed by atoms with Gasteiger partial charge in [-0.05, 0) is 99.9 Å². The van der Waals surface area contributed by atoms with Crippen molar-refractivity contribution >= 4 is 35.0 Å². The molecule has 4 aromatic rings. The number of carboxylic acid groups (broad SMARTS) is 2. The molecule has 0 fully saturated rings. The Morgan fingerprint density at radius 3 is 2.14 bits per heavy atom. The molecule has 7 nitrogen and oxygen atoms in total. The lowest BCUT2D eigenvalue weighted by Crippen LogP contribution is -2.10. The summed E-state index contributed by atoms with van der Waals surface area (Å²) < 4.78 is 28.3. The zero-order valence-electron chi connectivity index (χ0n) is 25.8. The van der Waals surface area contributed by atoms with E-state index in [1.165, 1.54) is 17.7 Å². The molecule has 0 radical (unpaired) electrons. The smallest absolute Gasteiger partial charge is 0.323 e. The molecular weight excluding hydrogens is 561 g/mol. The molecule has 44 heavy (non-hydrogen) atoms. The van der Waals surface area contributed by atoms with Crippen LogP contribution in [0.3, 0.4) is 0 Å². The average molecular weight is 602 g/mol. The van der Waals surface area contributed by atoms with E-state index >= 15 is 0 Å². The maximum Gasteiger partial charge on any atom is 0.323 e. The summed E-state index contributed by atoms with van der Waals surface area (Å²) in [4.78, 5) is 22.7. The van der Waals surface area contributed by atoms with Crippen molar-refractivity contribution in [3.63, 3.8) is 0 Å². The first-order valence-corrected chi connectivity index (χ1v) is 14.9. The highest BCUT2D eigenvalue weighted by molar-refractivity contribution is 5.95. The summed E-state index contributed by atoms with van der Waals surface area (Å²) in [6.07, 6.45) is 6.12. The number of ether oxygens (including phenoxy) is 2. The van der Waals surface area contributed by atoms with E-state index < -0.39 is 17.8 Å². The highest BCUT2D eigenvalue weighted by Gasteiger charge is 2.19. The average Bonchev–Trinajstić information content (AvgIpc) is 3.20. The van der Waals surface area contributed by atoms with Crippen molar-refractivity contribution in [3.05, 3.63) is 93.4 Å². The molecule has 0 saturated carbocycles. The SMILES string of the molecule is Cc1cc(C)c(OCCCCOc2ccc(/C=C/c3cc(F)cc4c(CCCC(=O)O)c(C)n(CC(=O)O)c34)cc2)c(C)c1. The van der Waals surface area contributed by atoms with Crippen LogP contribution in [0, 0.1) is 33.5 Å². The molecule has 0 atom stereocenters. The van der Waals surface area contributed by atoms with E-state index in [1.54, 1.807) is 17.6 Å². The van der Waals surface area contributed by atoms with E-state index in [2.05, 4.69) is 32.9 Å². The highest BCUT2D eigenvalue weighted by Crippen LogP contribution is 2.32. The lowest BCUT2D eigenvalue weighted by molar-refractivity contribution is -0.138. The van der Waals surface area contributed by atoms with Crippen molar-refractivity contribution in [1.29, 1.82) is 0 Å². The van der Waals surface area contributed by atoms with Gasteiger partial charge in [0.1, 0.15) is 23.9 Å². The van der Waals surface area contributed by atoms with Gasteiger partial charge in [0.15, 0.2) is 0 Å². The largest absolute Gasteiger partial charge is 0.494 e. The maximum atomic E-state index is 14.8. The molecule has 4 rings (SSSR count). The van der Waals surface area contributed by atoms with Crippen LogP contribution in [0.25, 0.3) is 23.1 Å². The van der Waals surface area contributed by atoms with Crippen molar-refractivity contribution < 1.29 is 33.7 Å². The van der Waals surface area contributed by atoms with Gasteiger partial charge in [0.05, 0.1) is 18.7 Å². The van der Waals surface area contributed by atoms with Gasteiger partial charge in [-0.1, -0.05) is 42.0 Å². The van der Waals surface area contributed by atoms with Crippen LogP contribution in [0.2, 0.25) is 0 Å². The number of benzene rings is 3. The van der Waals surface area contributed by atoms with Crippen LogP contribution < -0.4 is 9.47 Å². The Bertz CT molecular complexity index is 1650. The minimum atomic E-state index is -1.01. The summed E-state index contributed by atoms with van der Waals surface area (Å²) in [5, 5.41) is 19.2. The molecule has 1 heterocycles. The monoisotopic (exact) mass is 601 g/mol. The van der Waals surface area contributed by atoms with Crippen molar-refractivity contribution in [2.45, 2.75) is 66.3 Å². The van der Waals surface area contributed by atoms with Crippen LogP contribution in [-0.4, -0.2) is 39.9 Å². The molecule has 0 aliphatic rings. The highest BCUT2D eigenvalue weighted by atomic mass is 19.1. The molecule has 2 N–H and O–H groups in total. The van der Waals surface area contributed by atoms with Crippen molar-refractivity contribution in [2.75, 3.05) is 13.2 Å². The number of hydrogen-bond donors (Lipinski definition) is 2. The van der Waals surface area contributed by atoms with Crippen molar-refractivity contribution in [1.82, 2.24) is 4.57 Å². The fourth-order valence-electron chi connectivity index (χ4n) is 5.69. The predicted octanol–water partition coefficient (Wildman–Crippen LogP) is 7.91. The number of carboxylic acids is 2. The molecule has 8 heteroatoms. The lowest BCUT2D eigenvalue weighted by atomic mass is 10.0. The van der Waals surface area contributed by atoms with Crippen molar-refractivity contribution in [2.24, 2.45) is 0 Å². The third-order valence-electron chi connectivity index (χ3n) is 7.65. The van der Waals surface area contributed by atoms with Crippen LogP contribution in [-0.2, 0) is 22.6 Å². The predicted molar refractivity (Wildman–Crippen MR) is 171 cm³/mol. The van der Waals surface area contributed by atoms with Gasteiger partial charge in [-0.3, -0.25) is 9.59 Å². The Kier molecular flexibility index (Phi) is 10.8. The van der Waals surface area contributed by atoms with E-state index in [0.29, 0.717) is 48.2 Å². The Labute approximate surface area is 257 Å². The van der Waals surface area contributed by atoms with Gasteiger partial charge in [0, 0.05) is 23.1 Å². The topological polar surface area (TPSA) is 98.0 Å². The fraction of sp³-hybridized carbons (Fsp3) is 0.333. The zero-order valence-corrected chi connectivity index (χ0v) is 25.8. The summed E-state index contributed by atoms with van der Waals surface area (Å²) in [5.41, 5.74) is 7.04. The minimum absolute atomic E-state index is 0.0191. The summed E-state index contributed by atoms with van der Waals surface area (Å²) >= 11 is 0. The number of halogens is 1. The molecule has 0 aliphatic heterocycles. The second-order valence-electron chi connectivity index (χ2n) is 11.2. The number of aliphatic carboxylic acids is 2. The number of nitrogens with zero attached hydrogens (tertiary/aromatic N) is 1. The van der Waals surface area contributed by atoms with E-state index in [1.807, 2.05) is 30.3 Å². The quantitative estimate of drug-likeness (QED) is 0.106. The molecule has 0 saturated heterocycles. The van der Waals surface area contributed by atoms with Crippen LogP contribution in [0.4, 0.5) is 4.39 Å². The molecule has 0 bridgehead atoms. The summed E-state index contributed by atoms with van der Waals surface area (Å²) in [6.45, 7) is 8.93. The molecule has 232 valence electrons. The van der Waals surface area contributed by atoms with Crippen LogP contribution in [0.15, 0.2) is 48.5 Å². The zero-order chi connectivity index (χ0) is 31.8. The minimum Gasteiger partial charge on any atom is -0.494 e. The first-order chi connectivity index (χ1) is 21.0. The first kappa shape index (κ1) is 32.3. The number of fused-ring (bicyclic) bond motifs is 1. The van der Waals surface area contributed by atoms with E-state index in [0.717, 1.165) is 46.6 Å². The van der Waals surface area contributed by atoms with E-state index in [-0.39, 0.29) is 13.0 Å². The number of aryl methyl sites for hydroxylation is 4. The Balaban J connectivity index is 1.40. The third kappa shape index (κ3) is 8.28.